The van der Waals surface area contributed by atoms with E-state index in [-0.39, 0.29) is 19.7 Å². The molecule has 1 aromatic rings. The molecule has 1 unspecified atom stereocenters. The molecule has 1 aliphatic rings. The third-order valence-corrected chi connectivity index (χ3v) is 2.89. The summed E-state index contributed by atoms with van der Waals surface area (Å²) in [6.45, 7) is 0.351. The maximum Gasteiger partial charge on any atom is 0.411 e. The average molecular weight is 278 g/mol. The first kappa shape index (κ1) is 13.9. The van der Waals surface area contributed by atoms with Crippen LogP contribution in [0.2, 0.25) is 0 Å². The van der Waals surface area contributed by atoms with Crippen molar-refractivity contribution in [3.8, 4) is 0 Å². The Balaban J connectivity index is 2.00. The molecule has 1 heterocycles. The van der Waals surface area contributed by atoms with E-state index in [0.29, 0.717) is 0 Å². The summed E-state index contributed by atoms with van der Waals surface area (Å²) in [5.74, 6) is -2.08. The van der Waals surface area contributed by atoms with Gasteiger partial charge < -0.3 is 15.2 Å². The molecular formula is C13H14N2O5. The molecule has 1 fully saturated rings. The fourth-order valence-electron chi connectivity index (χ4n) is 1.91. The number of ether oxygens (including phenoxy) is 1. The number of nitrogens with one attached hydrogen (secondary N) is 1. The highest BCUT2D eigenvalue weighted by Gasteiger charge is 2.39. The van der Waals surface area contributed by atoms with Crippen LogP contribution in [0.3, 0.4) is 0 Å². The molecule has 2 rings (SSSR count). The second-order valence-electron chi connectivity index (χ2n) is 4.27. The van der Waals surface area contributed by atoms with Gasteiger partial charge in [-0.25, -0.2) is 9.59 Å². The minimum absolute atomic E-state index is 0.0319. The lowest BCUT2D eigenvalue weighted by molar-refractivity contribution is -0.149. The van der Waals surface area contributed by atoms with E-state index in [1.807, 2.05) is 6.07 Å². The number of aliphatic carboxylic acids is 1. The lowest BCUT2D eigenvalue weighted by Gasteiger charge is -2.31. The third-order valence-electron chi connectivity index (χ3n) is 2.89. The summed E-state index contributed by atoms with van der Waals surface area (Å²) in [7, 11) is 0. The van der Waals surface area contributed by atoms with E-state index in [1.54, 1.807) is 24.3 Å². The van der Waals surface area contributed by atoms with E-state index in [0.717, 1.165) is 10.5 Å². The van der Waals surface area contributed by atoms with Crippen LogP contribution >= 0.6 is 0 Å². The molecule has 0 saturated carbocycles. The Labute approximate surface area is 115 Å². The van der Waals surface area contributed by atoms with Gasteiger partial charge in [-0.2, -0.15) is 0 Å². The molecule has 0 aliphatic carbocycles. The zero-order valence-electron chi connectivity index (χ0n) is 10.6. The Bertz CT molecular complexity index is 517. The van der Waals surface area contributed by atoms with E-state index >= 15 is 0 Å². The van der Waals surface area contributed by atoms with Crippen LogP contribution in [0.5, 0.6) is 0 Å². The zero-order valence-corrected chi connectivity index (χ0v) is 10.6. The number of carbonyl (C=O) groups is 3. The van der Waals surface area contributed by atoms with E-state index in [9.17, 15) is 14.4 Å². The third kappa shape index (κ3) is 3.05. The van der Waals surface area contributed by atoms with Gasteiger partial charge in [-0.05, 0) is 5.56 Å². The number of hydrogen-bond donors (Lipinski definition) is 2. The van der Waals surface area contributed by atoms with Crippen LogP contribution in [0.4, 0.5) is 4.79 Å². The van der Waals surface area contributed by atoms with E-state index in [2.05, 4.69) is 5.32 Å². The van der Waals surface area contributed by atoms with Gasteiger partial charge in [0, 0.05) is 13.1 Å². The fourth-order valence-corrected chi connectivity index (χ4v) is 1.91. The lowest BCUT2D eigenvalue weighted by Crippen LogP contribution is -2.60. The normalized spacial score (nSPS) is 18.3. The molecule has 1 atom stereocenters. The van der Waals surface area contributed by atoms with Gasteiger partial charge in [0.05, 0.1) is 0 Å². The van der Waals surface area contributed by atoms with Crippen LogP contribution in [0.25, 0.3) is 0 Å². The first-order valence-corrected chi connectivity index (χ1v) is 6.07. The highest BCUT2D eigenvalue weighted by atomic mass is 16.6. The Morgan fingerprint density at radius 3 is 2.70 bits per heavy atom. The summed E-state index contributed by atoms with van der Waals surface area (Å²) >= 11 is 0. The molecule has 2 amide bonds. The highest BCUT2D eigenvalue weighted by molar-refractivity contribution is 6.04. The van der Waals surface area contributed by atoms with Crippen molar-refractivity contribution in [1.29, 1.82) is 0 Å². The van der Waals surface area contributed by atoms with Crippen molar-refractivity contribution in [1.82, 2.24) is 10.2 Å². The van der Waals surface area contributed by atoms with Crippen LogP contribution < -0.4 is 5.32 Å². The SMILES string of the molecule is O=C(O)C1C(=O)NCCN1C(=O)OCc1ccccc1. The van der Waals surface area contributed by atoms with Crippen LogP contribution in [-0.2, 0) is 20.9 Å². The number of rotatable bonds is 3. The quantitative estimate of drug-likeness (QED) is 0.770. The predicted octanol–water partition coefficient (Wildman–Crippen LogP) is 0.208. The van der Waals surface area contributed by atoms with Crippen molar-refractivity contribution < 1.29 is 24.2 Å². The van der Waals surface area contributed by atoms with Gasteiger partial charge in [-0.15, -0.1) is 0 Å². The van der Waals surface area contributed by atoms with Gasteiger partial charge in [0.25, 0.3) is 5.91 Å². The van der Waals surface area contributed by atoms with Crippen LogP contribution in [-0.4, -0.2) is 47.1 Å². The molecule has 20 heavy (non-hydrogen) atoms. The van der Waals surface area contributed by atoms with Gasteiger partial charge >= 0.3 is 12.1 Å². The van der Waals surface area contributed by atoms with Gasteiger partial charge in [0.15, 0.2) is 0 Å². The maximum absolute atomic E-state index is 11.9. The predicted molar refractivity (Wildman–Crippen MR) is 67.8 cm³/mol. The van der Waals surface area contributed by atoms with Crippen molar-refractivity contribution in [2.75, 3.05) is 13.1 Å². The Kier molecular flexibility index (Phi) is 4.19. The molecule has 0 radical (unpaired) electrons. The largest absolute Gasteiger partial charge is 0.479 e. The van der Waals surface area contributed by atoms with Crippen LogP contribution in [0.15, 0.2) is 30.3 Å². The number of carboxylic acid groups (broad SMARTS) is 1. The topological polar surface area (TPSA) is 95.9 Å². The summed E-state index contributed by atoms with van der Waals surface area (Å²) < 4.78 is 5.04. The summed E-state index contributed by atoms with van der Waals surface area (Å²) in [4.78, 5) is 35.3. The first-order chi connectivity index (χ1) is 9.59. The minimum Gasteiger partial charge on any atom is -0.479 e. The lowest BCUT2D eigenvalue weighted by atomic mass is 10.2. The summed E-state index contributed by atoms with van der Waals surface area (Å²) in [6.07, 6.45) is -0.809. The van der Waals surface area contributed by atoms with E-state index in [1.165, 1.54) is 0 Å². The molecule has 1 saturated heterocycles. The van der Waals surface area contributed by atoms with Gasteiger partial charge in [0.1, 0.15) is 6.61 Å². The van der Waals surface area contributed by atoms with Gasteiger partial charge in [-0.3, -0.25) is 9.69 Å². The highest BCUT2D eigenvalue weighted by Crippen LogP contribution is 2.09. The summed E-state index contributed by atoms with van der Waals surface area (Å²) in [5.41, 5.74) is 0.786. The van der Waals surface area contributed by atoms with Gasteiger partial charge in [-0.1, -0.05) is 30.3 Å². The number of carbonyl (C=O) groups excluding carboxylic acids is 2. The van der Waals surface area contributed by atoms with Crippen molar-refractivity contribution in [3.05, 3.63) is 35.9 Å². The standard InChI is InChI=1S/C13H14N2O5/c16-11-10(12(17)18)15(7-6-14-11)13(19)20-8-9-4-2-1-3-5-9/h1-5,10H,6-8H2,(H,14,16)(H,17,18). The number of hydrogen-bond acceptors (Lipinski definition) is 4. The van der Waals surface area contributed by atoms with Crippen molar-refractivity contribution in [2.24, 2.45) is 0 Å². The number of piperazine rings is 1. The second kappa shape index (κ2) is 6.05. The number of nitrogens with zero attached hydrogens (tertiary/aromatic N) is 1. The molecular weight excluding hydrogens is 264 g/mol. The molecule has 106 valence electrons. The molecule has 1 aliphatic heterocycles. The molecule has 0 spiro atoms. The molecule has 0 bridgehead atoms. The minimum atomic E-state index is -1.54. The first-order valence-electron chi connectivity index (χ1n) is 6.07. The summed E-state index contributed by atoms with van der Waals surface area (Å²) in [5, 5.41) is 11.4. The van der Waals surface area contributed by atoms with Crippen LogP contribution in [0.1, 0.15) is 5.56 Å². The number of amides is 2. The van der Waals surface area contributed by atoms with Crippen molar-refractivity contribution in [3.63, 3.8) is 0 Å². The Hall–Kier alpha value is -2.57. The second-order valence-corrected chi connectivity index (χ2v) is 4.27. The summed E-state index contributed by atoms with van der Waals surface area (Å²) in [6, 6.07) is 7.47. The molecule has 1 aromatic carbocycles. The molecule has 2 N–H and O–H groups in total. The molecule has 0 aromatic heterocycles. The van der Waals surface area contributed by atoms with Crippen molar-refractivity contribution in [2.45, 2.75) is 12.6 Å². The molecule has 7 nitrogen and oxygen atoms in total. The Morgan fingerprint density at radius 1 is 1.35 bits per heavy atom. The van der Waals surface area contributed by atoms with E-state index < -0.39 is 24.0 Å². The van der Waals surface area contributed by atoms with Gasteiger partial charge in [0.2, 0.25) is 6.04 Å². The zero-order chi connectivity index (χ0) is 14.5. The van der Waals surface area contributed by atoms with Crippen LogP contribution in [0, 0.1) is 0 Å². The van der Waals surface area contributed by atoms with E-state index in [4.69, 9.17) is 9.84 Å². The maximum atomic E-state index is 11.9. The fraction of sp³-hybridized carbons (Fsp3) is 0.308. The van der Waals surface area contributed by atoms with Crippen molar-refractivity contribution >= 4 is 18.0 Å². The smallest absolute Gasteiger partial charge is 0.411 e. The molecule has 7 heteroatoms. The average Bonchev–Trinajstić information content (AvgIpc) is 2.45. The number of carboxylic acids is 1. The monoisotopic (exact) mass is 278 g/mol. The Morgan fingerprint density at radius 2 is 2.05 bits per heavy atom. The number of benzene rings is 1.